The molecule has 0 saturated carbocycles. The number of rotatable bonds is 2. The molecule has 0 aliphatic carbocycles. The minimum absolute atomic E-state index is 0.0251. The number of carboxylic acid groups (broad SMARTS) is 1. The molecule has 2 rings (SSSR count). The number of aromatic nitrogens is 1. The van der Waals surface area contributed by atoms with Crippen LogP contribution < -0.4 is 4.74 Å². The van der Waals surface area contributed by atoms with E-state index in [1.165, 1.54) is 13.3 Å². The highest BCUT2D eigenvalue weighted by molar-refractivity contribution is 9.10. The molecule has 0 bridgehead atoms. The second-order valence-electron chi connectivity index (χ2n) is 3.17. The van der Waals surface area contributed by atoms with Crippen molar-refractivity contribution in [3.05, 3.63) is 34.6 Å². The van der Waals surface area contributed by atoms with Crippen LogP contribution in [0.25, 0.3) is 10.8 Å². The molecule has 0 amide bonds. The highest BCUT2D eigenvalue weighted by Gasteiger charge is 2.12. The molecule has 0 unspecified atom stereocenters. The lowest BCUT2D eigenvalue weighted by atomic mass is 10.1. The SMILES string of the molecule is COc1cc(Br)c2ccnc(C(=O)O)c2c1. The van der Waals surface area contributed by atoms with E-state index in [2.05, 4.69) is 20.9 Å². The van der Waals surface area contributed by atoms with Crippen LogP contribution in [0.5, 0.6) is 5.75 Å². The normalized spacial score (nSPS) is 10.4. The number of benzene rings is 1. The van der Waals surface area contributed by atoms with Crippen molar-refractivity contribution in [2.45, 2.75) is 0 Å². The Kier molecular flexibility index (Phi) is 2.78. The standard InChI is InChI=1S/C11H8BrNO3/c1-16-6-4-8-7(9(12)5-6)2-3-13-10(8)11(14)15/h2-5H,1H3,(H,14,15). The number of ether oxygens (including phenoxy) is 1. The number of methoxy groups -OCH3 is 1. The number of pyridine rings is 1. The first-order chi connectivity index (χ1) is 7.63. The van der Waals surface area contributed by atoms with Gasteiger partial charge in [0.15, 0.2) is 5.69 Å². The zero-order valence-electron chi connectivity index (χ0n) is 8.40. The van der Waals surface area contributed by atoms with Gasteiger partial charge in [-0.3, -0.25) is 0 Å². The van der Waals surface area contributed by atoms with Crippen LogP contribution in [-0.4, -0.2) is 23.2 Å². The van der Waals surface area contributed by atoms with Crippen molar-refractivity contribution >= 4 is 32.7 Å². The van der Waals surface area contributed by atoms with Gasteiger partial charge in [0.25, 0.3) is 0 Å². The summed E-state index contributed by atoms with van der Waals surface area (Å²) >= 11 is 3.37. The molecule has 1 aromatic heterocycles. The fourth-order valence-electron chi connectivity index (χ4n) is 1.50. The number of hydrogen-bond acceptors (Lipinski definition) is 3. The fraction of sp³-hybridized carbons (Fsp3) is 0.0909. The molecule has 0 saturated heterocycles. The second kappa shape index (κ2) is 4.09. The molecule has 5 heteroatoms. The summed E-state index contributed by atoms with van der Waals surface area (Å²) in [6.45, 7) is 0. The Labute approximate surface area is 100.0 Å². The topological polar surface area (TPSA) is 59.4 Å². The molecule has 0 aliphatic rings. The van der Waals surface area contributed by atoms with E-state index < -0.39 is 5.97 Å². The van der Waals surface area contributed by atoms with Crippen molar-refractivity contribution in [2.75, 3.05) is 7.11 Å². The molecule has 4 nitrogen and oxygen atoms in total. The molecule has 0 radical (unpaired) electrons. The zero-order chi connectivity index (χ0) is 11.7. The van der Waals surface area contributed by atoms with Crippen LogP contribution in [0.15, 0.2) is 28.9 Å². The largest absolute Gasteiger partial charge is 0.497 e. The molecule has 1 heterocycles. The molecule has 0 spiro atoms. The van der Waals surface area contributed by atoms with E-state index in [1.807, 2.05) is 0 Å². The molecule has 0 atom stereocenters. The summed E-state index contributed by atoms with van der Waals surface area (Å²) in [5.74, 6) is -0.458. The van der Waals surface area contributed by atoms with Gasteiger partial charge in [0, 0.05) is 21.4 Å². The van der Waals surface area contributed by atoms with Crippen LogP contribution in [0.1, 0.15) is 10.5 Å². The molecule has 0 aliphatic heterocycles. The van der Waals surface area contributed by atoms with Crippen LogP contribution in [0.2, 0.25) is 0 Å². The van der Waals surface area contributed by atoms with Crippen LogP contribution >= 0.6 is 15.9 Å². The van der Waals surface area contributed by atoms with E-state index >= 15 is 0 Å². The molecule has 16 heavy (non-hydrogen) atoms. The maximum absolute atomic E-state index is 11.0. The first-order valence-electron chi connectivity index (χ1n) is 4.49. The van der Waals surface area contributed by atoms with E-state index in [9.17, 15) is 4.79 Å². The van der Waals surface area contributed by atoms with Gasteiger partial charge in [0.1, 0.15) is 5.75 Å². The first-order valence-corrected chi connectivity index (χ1v) is 5.28. The smallest absolute Gasteiger partial charge is 0.355 e. The number of aromatic carboxylic acids is 1. The average molecular weight is 282 g/mol. The Morgan fingerprint density at radius 3 is 2.81 bits per heavy atom. The van der Waals surface area contributed by atoms with Crippen molar-refractivity contribution in [2.24, 2.45) is 0 Å². The summed E-state index contributed by atoms with van der Waals surface area (Å²) in [6.07, 6.45) is 1.48. The summed E-state index contributed by atoms with van der Waals surface area (Å²) in [6, 6.07) is 5.20. The maximum Gasteiger partial charge on any atom is 0.355 e. The summed E-state index contributed by atoms with van der Waals surface area (Å²) in [7, 11) is 1.53. The number of halogens is 1. The van der Waals surface area contributed by atoms with Crippen LogP contribution in [-0.2, 0) is 0 Å². The van der Waals surface area contributed by atoms with Crippen LogP contribution in [0.3, 0.4) is 0 Å². The summed E-state index contributed by atoms with van der Waals surface area (Å²) in [4.78, 5) is 14.9. The number of nitrogens with zero attached hydrogens (tertiary/aromatic N) is 1. The minimum atomic E-state index is -1.05. The molecule has 1 aromatic carbocycles. The third kappa shape index (κ3) is 1.74. The summed E-state index contributed by atoms with van der Waals surface area (Å²) in [5, 5.41) is 10.4. The van der Waals surface area contributed by atoms with Gasteiger partial charge in [-0.25, -0.2) is 9.78 Å². The number of hydrogen-bond donors (Lipinski definition) is 1. The first kappa shape index (κ1) is 10.9. The van der Waals surface area contributed by atoms with E-state index in [0.717, 1.165) is 9.86 Å². The molecule has 82 valence electrons. The van der Waals surface area contributed by atoms with Gasteiger partial charge in [0.2, 0.25) is 0 Å². The predicted octanol–water partition coefficient (Wildman–Crippen LogP) is 2.70. The lowest BCUT2D eigenvalue weighted by Gasteiger charge is -2.06. The van der Waals surface area contributed by atoms with Gasteiger partial charge >= 0.3 is 5.97 Å². The fourth-order valence-corrected chi connectivity index (χ4v) is 2.07. The Morgan fingerprint density at radius 1 is 1.44 bits per heavy atom. The van der Waals surface area contributed by atoms with Gasteiger partial charge < -0.3 is 9.84 Å². The van der Waals surface area contributed by atoms with Gasteiger partial charge in [-0.2, -0.15) is 0 Å². The Morgan fingerprint density at radius 2 is 2.19 bits per heavy atom. The Balaban J connectivity index is 2.85. The highest BCUT2D eigenvalue weighted by atomic mass is 79.9. The third-order valence-electron chi connectivity index (χ3n) is 2.24. The molecule has 1 N–H and O–H groups in total. The van der Waals surface area contributed by atoms with Crippen LogP contribution in [0, 0.1) is 0 Å². The van der Waals surface area contributed by atoms with Gasteiger partial charge in [-0.1, -0.05) is 15.9 Å². The average Bonchev–Trinajstić information content (AvgIpc) is 2.28. The predicted molar refractivity (Wildman–Crippen MR) is 63.0 cm³/mol. The van der Waals surface area contributed by atoms with E-state index in [4.69, 9.17) is 9.84 Å². The molecular formula is C11H8BrNO3. The van der Waals surface area contributed by atoms with Crippen molar-refractivity contribution < 1.29 is 14.6 Å². The molecular weight excluding hydrogens is 274 g/mol. The van der Waals surface area contributed by atoms with Crippen LogP contribution in [0.4, 0.5) is 0 Å². The maximum atomic E-state index is 11.0. The zero-order valence-corrected chi connectivity index (χ0v) is 9.98. The van der Waals surface area contributed by atoms with Crippen molar-refractivity contribution in [3.63, 3.8) is 0 Å². The monoisotopic (exact) mass is 281 g/mol. The Hall–Kier alpha value is -1.62. The number of fused-ring (bicyclic) bond motifs is 1. The van der Waals surface area contributed by atoms with Gasteiger partial charge in [0.05, 0.1) is 7.11 Å². The van der Waals surface area contributed by atoms with E-state index in [0.29, 0.717) is 11.1 Å². The highest BCUT2D eigenvalue weighted by Crippen LogP contribution is 2.30. The number of carbonyl (C=O) groups is 1. The van der Waals surface area contributed by atoms with Crippen molar-refractivity contribution in [1.82, 2.24) is 4.98 Å². The second-order valence-corrected chi connectivity index (χ2v) is 4.02. The van der Waals surface area contributed by atoms with Gasteiger partial charge in [-0.15, -0.1) is 0 Å². The molecule has 2 aromatic rings. The van der Waals surface area contributed by atoms with Gasteiger partial charge in [-0.05, 0) is 18.2 Å². The van der Waals surface area contributed by atoms with Crippen molar-refractivity contribution in [1.29, 1.82) is 0 Å². The lowest BCUT2D eigenvalue weighted by molar-refractivity contribution is 0.0693. The summed E-state index contributed by atoms with van der Waals surface area (Å²) in [5.41, 5.74) is 0.0251. The van der Waals surface area contributed by atoms with E-state index in [-0.39, 0.29) is 5.69 Å². The summed E-state index contributed by atoms with van der Waals surface area (Å²) < 4.78 is 5.87. The third-order valence-corrected chi connectivity index (χ3v) is 2.90. The quantitative estimate of drug-likeness (QED) is 0.920. The van der Waals surface area contributed by atoms with E-state index in [1.54, 1.807) is 18.2 Å². The Bertz CT molecular complexity index is 568. The minimum Gasteiger partial charge on any atom is -0.497 e. The molecule has 0 fully saturated rings. The van der Waals surface area contributed by atoms with Crippen molar-refractivity contribution in [3.8, 4) is 5.75 Å². The lowest BCUT2D eigenvalue weighted by Crippen LogP contribution is -2.01. The number of carboxylic acids is 1.